The Kier molecular flexibility index (Phi) is 9.87. The largest absolute Gasteiger partial charge is 0.347 e. The van der Waals surface area contributed by atoms with E-state index in [0.717, 1.165) is 13.1 Å². The molecule has 3 rings (SSSR count). The van der Waals surface area contributed by atoms with Gasteiger partial charge in [-0.3, -0.25) is 4.90 Å². The Labute approximate surface area is 196 Å². The zero-order valence-corrected chi connectivity index (χ0v) is 21.0. The van der Waals surface area contributed by atoms with Gasteiger partial charge < -0.3 is 4.57 Å². The van der Waals surface area contributed by atoms with Crippen molar-refractivity contribution < 1.29 is 0 Å². The van der Waals surface area contributed by atoms with Crippen molar-refractivity contribution in [1.82, 2.24) is 9.47 Å². The molecule has 0 atom stereocenters. The second-order valence-electron chi connectivity index (χ2n) is 9.49. The SMILES string of the molecule is CCCCCCCCn1cc(CN(CCC)CCC)c2cc(-c3cccc(C)c3)ccc21. The first-order chi connectivity index (χ1) is 15.7. The predicted molar refractivity (Wildman–Crippen MR) is 141 cm³/mol. The summed E-state index contributed by atoms with van der Waals surface area (Å²) in [6, 6.07) is 16.0. The van der Waals surface area contributed by atoms with Gasteiger partial charge in [0.1, 0.15) is 0 Å². The Morgan fingerprint density at radius 2 is 1.47 bits per heavy atom. The topological polar surface area (TPSA) is 8.17 Å². The molecule has 0 fully saturated rings. The average Bonchev–Trinajstić information content (AvgIpc) is 3.13. The lowest BCUT2D eigenvalue weighted by Crippen LogP contribution is -2.24. The lowest BCUT2D eigenvalue weighted by molar-refractivity contribution is 0.267. The summed E-state index contributed by atoms with van der Waals surface area (Å²) in [6.45, 7) is 13.6. The van der Waals surface area contributed by atoms with E-state index in [-0.39, 0.29) is 0 Å². The summed E-state index contributed by atoms with van der Waals surface area (Å²) in [5.74, 6) is 0. The fraction of sp³-hybridized carbons (Fsp3) is 0.533. The van der Waals surface area contributed by atoms with Gasteiger partial charge in [0.2, 0.25) is 0 Å². The molecule has 0 bridgehead atoms. The second-order valence-corrected chi connectivity index (χ2v) is 9.49. The van der Waals surface area contributed by atoms with Crippen molar-refractivity contribution >= 4 is 10.9 Å². The van der Waals surface area contributed by atoms with E-state index in [1.54, 1.807) is 0 Å². The van der Waals surface area contributed by atoms with E-state index < -0.39 is 0 Å². The van der Waals surface area contributed by atoms with Crippen LogP contribution in [-0.4, -0.2) is 22.6 Å². The number of aryl methyl sites for hydroxylation is 2. The van der Waals surface area contributed by atoms with E-state index in [0.29, 0.717) is 0 Å². The first kappa shape index (κ1) is 24.6. The maximum Gasteiger partial charge on any atom is 0.0484 e. The molecule has 0 saturated carbocycles. The Bertz CT molecular complexity index is 947. The number of benzene rings is 2. The molecule has 2 nitrogen and oxygen atoms in total. The summed E-state index contributed by atoms with van der Waals surface area (Å²) in [7, 11) is 0. The summed E-state index contributed by atoms with van der Waals surface area (Å²) >= 11 is 0. The van der Waals surface area contributed by atoms with E-state index >= 15 is 0 Å². The third kappa shape index (κ3) is 6.72. The van der Waals surface area contributed by atoms with Gasteiger partial charge in [0, 0.05) is 30.2 Å². The van der Waals surface area contributed by atoms with Crippen molar-refractivity contribution in [2.75, 3.05) is 13.1 Å². The minimum absolute atomic E-state index is 1.05. The quantitative estimate of drug-likeness (QED) is 0.231. The van der Waals surface area contributed by atoms with E-state index in [4.69, 9.17) is 0 Å². The number of unbranched alkanes of at least 4 members (excludes halogenated alkanes) is 5. The lowest BCUT2D eigenvalue weighted by Gasteiger charge is -2.20. The molecule has 3 aromatic rings. The van der Waals surface area contributed by atoms with Crippen LogP contribution in [0.1, 0.15) is 83.3 Å². The van der Waals surface area contributed by atoms with Crippen molar-refractivity contribution in [3.63, 3.8) is 0 Å². The normalized spacial score (nSPS) is 11.7. The molecule has 0 N–H and O–H groups in total. The molecule has 32 heavy (non-hydrogen) atoms. The first-order valence-electron chi connectivity index (χ1n) is 13.1. The number of hydrogen-bond acceptors (Lipinski definition) is 1. The molecule has 0 saturated heterocycles. The van der Waals surface area contributed by atoms with E-state index in [2.05, 4.69) is 85.8 Å². The molecule has 1 aromatic heterocycles. The third-order valence-corrected chi connectivity index (χ3v) is 6.54. The highest BCUT2D eigenvalue weighted by Gasteiger charge is 2.13. The monoisotopic (exact) mass is 432 g/mol. The Hall–Kier alpha value is -2.06. The molecule has 0 aliphatic rings. The maximum absolute atomic E-state index is 2.63. The number of fused-ring (bicyclic) bond motifs is 1. The fourth-order valence-electron chi connectivity index (χ4n) is 4.89. The number of hydrogen-bond donors (Lipinski definition) is 0. The number of nitrogens with zero attached hydrogens (tertiary/aromatic N) is 2. The molecule has 0 aliphatic carbocycles. The summed E-state index contributed by atoms with van der Waals surface area (Å²) in [6.07, 6.45) is 13.0. The number of rotatable bonds is 14. The molecular formula is C30H44N2. The molecule has 1 heterocycles. The van der Waals surface area contributed by atoms with Crippen LogP contribution in [0.3, 0.4) is 0 Å². The van der Waals surface area contributed by atoms with E-state index in [9.17, 15) is 0 Å². The minimum atomic E-state index is 1.05. The van der Waals surface area contributed by atoms with Crippen molar-refractivity contribution in [2.45, 2.75) is 92.2 Å². The summed E-state index contributed by atoms with van der Waals surface area (Å²) in [5.41, 5.74) is 6.86. The van der Waals surface area contributed by atoms with Crippen molar-refractivity contribution in [3.05, 3.63) is 59.8 Å². The molecule has 0 aliphatic heterocycles. The van der Waals surface area contributed by atoms with Crippen LogP contribution in [0.2, 0.25) is 0 Å². The van der Waals surface area contributed by atoms with Crippen LogP contribution in [0, 0.1) is 6.92 Å². The Morgan fingerprint density at radius 3 is 2.19 bits per heavy atom. The molecule has 0 spiro atoms. The molecule has 174 valence electrons. The first-order valence-corrected chi connectivity index (χ1v) is 13.1. The smallest absolute Gasteiger partial charge is 0.0484 e. The van der Waals surface area contributed by atoms with Gasteiger partial charge in [-0.1, -0.05) is 88.8 Å². The molecule has 0 radical (unpaired) electrons. The van der Waals surface area contributed by atoms with Crippen molar-refractivity contribution in [3.8, 4) is 11.1 Å². The van der Waals surface area contributed by atoms with Crippen molar-refractivity contribution in [2.24, 2.45) is 0 Å². The van der Waals surface area contributed by atoms with Crippen LogP contribution in [-0.2, 0) is 13.1 Å². The van der Waals surface area contributed by atoms with Gasteiger partial charge in [-0.25, -0.2) is 0 Å². The molecule has 0 unspecified atom stereocenters. The zero-order valence-electron chi connectivity index (χ0n) is 21.0. The van der Waals surface area contributed by atoms with Crippen LogP contribution in [0.4, 0.5) is 0 Å². The van der Waals surface area contributed by atoms with Crippen molar-refractivity contribution in [1.29, 1.82) is 0 Å². The van der Waals surface area contributed by atoms with E-state index in [1.807, 2.05) is 0 Å². The second kappa shape index (κ2) is 12.8. The summed E-state index contributed by atoms with van der Waals surface area (Å²) in [4.78, 5) is 2.63. The van der Waals surface area contributed by atoms with Crippen LogP contribution in [0.5, 0.6) is 0 Å². The predicted octanol–water partition coefficient (Wildman–Crippen LogP) is 8.60. The standard InChI is InChI=1S/C30H44N2/c1-5-8-9-10-11-12-20-32-24-28(23-31(18-6-2)19-7-3)29-22-27(16-17-30(29)32)26-15-13-14-25(4)21-26/h13-17,21-22,24H,5-12,18-20,23H2,1-4H3. The minimum Gasteiger partial charge on any atom is -0.347 e. The molecule has 2 aromatic carbocycles. The average molecular weight is 433 g/mol. The van der Waals surface area contributed by atoms with Gasteiger partial charge in [0.05, 0.1) is 0 Å². The van der Waals surface area contributed by atoms with Gasteiger partial charge in [-0.2, -0.15) is 0 Å². The van der Waals surface area contributed by atoms with Gasteiger partial charge in [-0.05, 0) is 68.1 Å². The summed E-state index contributed by atoms with van der Waals surface area (Å²) < 4.78 is 2.53. The zero-order chi connectivity index (χ0) is 22.8. The van der Waals surface area contributed by atoms with Crippen LogP contribution in [0.15, 0.2) is 48.7 Å². The lowest BCUT2D eigenvalue weighted by atomic mass is 10.0. The Balaban J connectivity index is 1.88. The van der Waals surface area contributed by atoms with Gasteiger partial charge in [0.25, 0.3) is 0 Å². The van der Waals surface area contributed by atoms with E-state index in [1.165, 1.54) is 97.6 Å². The highest BCUT2D eigenvalue weighted by Crippen LogP contribution is 2.30. The molecule has 2 heteroatoms. The Morgan fingerprint density at radius 1 is 0.750 bits per heavy atom. The van der Waals surface area contributed by atoms with Gasteiger partial charge >= 0.3 is 0 Å². The highest BCUT2D eigenvalue weighted by atomic mass is 15.1. The molecule has 0 amide bonds. The van der Waals surface area contributed by atoms with Crippen LogP contribution in [0.25, 0.3) is 22.0 Å². The highest BCUT2D eigenvalue weighted by molar-refractivity contribution is 5.88. The molecular weight excluding hydrogens is 388 g/mol. The fourth-order valence-corrected chi connectivity index (χ4v) is 4.89. The maximum atomic E-state index is 2.63. The third-order valence-electron chi connectivity index (χ3n) is 6.54. The number of aromatic nitrogens is 1. The van der Waals surface area contributed by atoms with Crippen LogP contribution >= 0.6 is 0 Å². The van der Waals surface area contributed by atoms with Gasteiger partial charge in [0.15, 0.2) is 0 Å². The van der Waals surface area contributed by atoms with Crippen LogP contribution < -0.4 is 0 Å². The van der Waals surface area contributed by atoms with Gasteiger partial charge in [-0.15, -0.1) is 0 Å². The summed E-state index contributed by atoms with van der Waals surface area (Å²) in [5, 5.41) is 1.44.